The molecule has 0 radical (unpaired) electrons. The van der Waals surface area contributed by atoms with Crippen LogP contribution in [-0.4, -0.2) is 25.6 Å². The molecule has 0 bridgehead atoms. The van der Waals surface area contributed by atoms with Crippen molar-refractivity contribution >= 4 is 5.97 Å². The Balaban J connectivity index is 2.24. The molecule has 6 heteroatoms. The molecule has 1 aliphatic rings. The van der Waals surface area contributed by atoms with Gasteiger partial charge in [-0.05, 0) is 37.8 Å². The van der Waals surface area contributed by atoms with Gasteiger partial charge in [-0.1, -0.05) is 0 Å². The van der Waals surface area contributed by atoms with Crippen molar-refractivity contribution in [1.29, 1.82) is 0 Å². The van der Waals surface area contributed by atoms with Crippen molar-refractivity contribution in [2.75, 3.05) is 0 Å². The largest absolute Gasteiger partial charge is 0.480 e. The lowest BCUT2D eigenvalue weighted by molar-refractivity contribution is -0.137. The number of pyridine rings is 1. The quantitative estimate of drug-likeness (QED) is 0.918. The van der Waals surface area contributed by atoms with Crippen LogP contribution in [0.15, 0.2) is 29.3 Å². The molecule has 6 nitrogen and oxygen atoms in total. The summed E-state index contributed by atoms with van der Waals surface area (Å²) in [6.07, 6.45) is 6.62. The van der Waals surface area contributed by atoms with Crippen molar-refractivity contribution in [1.82, 2.24) is 14.5 Å². The number of aliphatic carboxylic acids is 1. The third kappa shape index (κ3) is 2.56. The van der Waals surface area contributed by atoms with Gasteiger partial charge in [0.25, 0.3) is 5.56 Å². The fourth-order valence-corrected chi connectivity index (χ4v) is 2.69. The molecule has 0 amide bonds. The minimum Gasteiger partial charge on any atom is -0.480 e. The first-order valence-corrected chi connectivity index (χ1v) is 6.91. The molecular formula is C15H15N3O3. The van der Waals surface area contributed by atoms with E-state index in [0.717, 1.165) is 25.0 Å². The molecule has 2 aromatic heterocycles. The molecule has 0 aliphatic heterocycles. The summed E-state index contributed by atoms with van der Waals surface area (Å²) in [6, 6.07) is 3.52. The smallest absolute Gasteiger partial charge is 0.323 e. The highest BCUT2D eigenvalue weighted by molar-refractivity contribution is 5.68. The Bertz CT molecular complexity index is 738. The van der Waals surface area contributed by atoms with Gasteiger partial charge in [0.1, 0.15) is 12.4 Å². The highest BCUT2D eigenvalue weighted by Gasteiger charge is 2.21. The second-order valence-corrected chi connectivity index (χ2v) is 5.09. The number of carboxylic acids is 1. The second-order valence-electron chi connectivity index (χ2n) is 5.09. The van der Waals surface area contributed by atoms with Crippen LogP contribution < -0.4 is 5.56 Å². The Morgan fingerprint density at radius 1 is 1.33 bits per heavy atom. The maximum absolute atomic E-state index is 12.6. The predicted octanol–water partition coefficient (Wildman–Crippen LogP) is 1.27. The van der Waals surface area contributed by atoms with Crippen LogP contribution in [0.2, 0.25) is 0 Å². The molecule has 0 saturated carbocycles. The van der Waals surface area contributed by atoms with E-state index < -0.39 is 5.97 Å². The summed E-state index contributed by atoms with van der Waals surface area (Å²) in [7, 11) is 0. The van der Waals surface area contributed by atoms with Gasteiger partial charge in [0.05, 0.1) is 5.69 Å². The zero-order valence-corrected chi connectivity index (χ0v) is 11.5. The topological polar surface area (TPSA) is 85.1 Å². The van der Waals surface area contributed by atoms with Crippen molar-refractivity contribution in [3.63, 3.8) is 0 Å². The highest BCUT2D eigenvalue weighted by Crippen LogP contribution is 2.21. The van der Waals surface area contributed by atoms with Gasteiger partial charge in [-0.15, -0.1) is 0 Å². The average Bonchev–Trinajstić information content (AvgIpc) is 2.50. The van der Waals surface area contributed by atoms with Crippen molar-refractivity contribution < 1.29 is 9.90 Å². The molecule has 1 aliphatic carbocycles. The molecule has 3 rings (SSSR count). The van der Waals surface area contributed by atoms with E-state index in [-0.39, 0.29) is 12.1 Å². The molecule has 0 saturated heterocycles. The number of rotatable bonds is 3. The van der Waals surface area contributed by atoms with E-state index in [0.29, 0.717) is 23.4 Å². The van der Waals surface area contributed by atoms with Crippen LogP contribution in [0.25, 0.3) is 11.4 Å². The van der Waals surface area contributed by atoms with Gasteiger partial charge in [-0.2, -0.15) is 0 Å². The van der Waals surface area contributed by atoms with Gasteiger partial charge in [-0.3, -0.25) is 19.1 Å². The van der Waals surface area contributed by atoms with E-state index >= 15 is 0 Å². The van der Waals surface area contributed by atoms with Gasteiger partial charge < -0.3 is 5.11 Å². The second kappa shape index (κ2) is 5.47. The van der Waals surface area contributed by atoms with Gasteiger partial charge in [0.15, 0.2) is 0 Å². The molecule has 0 spiro atoms. The van der Waals surface area contributed by atoms with Crippen LogP contribution in [0.4, 0.5) is 0 Å². The molecule has 0 aromatic carbocycles. The molecule has 2 heterocycles. The van der Waals surface area contributed by atoms with E-state index in [1.54, 1.807) is 24.5 Å². The number of hydrogen-bond donors (Lipinski definition) is 1. The summed E-state index contributed by atoms with van der Waals surface area (Å²) >= 11 is 0. The van der Waals surface area contributed by atoms with Gasteiger partial charge in [0, 0.05) is 23.5 Å². The Labute approximate surface area is 121 Å². The van der Waals surface area contributed by atoms with Crippen molar-refractivity contribution in [2.45, 2.75) is 32.2 Å². The van der Waals surface area contributed by atoms with Crippen LogP contribution in [0.1, 0.15) is 24.1 Å². The van der Waals surface area contributed by atoms with E-state index in [1.807, 2.05) is 0 Å². The van der Waals surface area contributed by atoms with Crippen LogP contribution in [0.3, 0.4) is 0 Å². The van der Waals surface area contributed by atoms with E-state index in [2.05, 4.69) is 9.97 Å². The third-order valence-corrected chi connectivity index (χ3v) is 3.65. The number of hydrogen-bond acceptors (Lipinski definition) is 4. The summed E-state index contributed by atoms with van der Waals surface area (Å²) in [5, 5.41) is 9.06. The molecule has 0 fully saturated rings. The zero-order chi connectivity index (χ0) is 14.8. The molecule has 108 valence electrons. The SMILES string of the molecule is O=C(O)Cn1c(-c2cccnc2)nc2c(c1=O)CCCC2. The monoisotopic (exact) mass is 285 g/mol. The first kappa shape index (κ1) is 13.5. The number of fused-ring (bicyclic) bond motifs is 1. The number of nitrogens with zero attached hydrogens (tertiary/aromatic N) is 3. The van der Waals surface area contributed by atoms with E-state index in [1.165, 1.54) is 4.57 Å². The molecule has 2 aromatic rings. The number of carbonyl (C=O) groups is 1. The standard InChI is InChI=1S/C15H15N3O3/c19-13(20)9-18-14(10-4-3-7-16-8-10)17-12-6-2-1-5-11(12)15(18)21/h3-4,7-8H,1-2,5-6,9H2,(H,19,20). The number of aryl methyl sites for hydroxylation is 1. The lowest BCUT2D eigenvalue weighted by Gasteiger charge is -2.18. The number of carboxylic acid groups (broad SMARTS) is 1. The third-order valence-electron chi connectivity index (χ3n) is 3.65. The fraction of sp³-hybridized carbons (Fsp3) is 0.333. The van der Waals surface area contributed by atoms with Crippen LogP contribution >= 0.6 is 0 Å². The molecule has 21 heavy (non-hydrogen) atoms. The minimum absolute atomic E-state index is 0.235. The minimum atomic E-state index is -1.06. The lowest BCUT2D eigenvalue weighted by atomic mass is 9.97. The summed E-state index contributed by atoms with van der Waals surface area (Å²) in [4.78, 5) is 32.2. The summed E-state index contributed by atoms with van der Waals surface area (Å²) < 4.78 is 1.24. The summed E-state index contributed by atoms with van der Waals surface area (Å²) in [5.74, 6) is -0.670. The Kier molecular flexibility index (Phi) is 3.51. The molecular weight excluding hydrogens is 270 g/mol. The van der Waals surface area contributed by atoms with Crippen molar-refractivity contribution in [3.05, 3.63) is 46.1 Å². The first-order chi connectivity index (χ1) is 10.2. The zero-order valence-electron chi connectivity index (χ0n) is 11.5. The highest BCUT2D eigenvalue weighted by atomic mass is 16.4. The van der Waals surface area contributed by atoms with Crippen molar-refractivity contribution in [3.8, 4) is 11.4 Å². The maximum atomic E-state index is 12.6. The number of aromatic nitrogens is 3. The summed E-state index contributed by atoms with van der Waals surface area (Å²) in [6.45, 7) is -0.386. The normalized spacial score (nSPS) is 13.7. The average molecular weight is 285 g/mol. The Morgan fingerprint density at radius 3 is 2.86 bits per heavy atom. The lowest BCUT2D eigenvalue weighted by Crippen LogP contribution is -2.32. The van der Waals surface area contributed by atoms with E-state index in [9.17, 15) is 9.59 Å². The van der Waals surface area contributed by atoms with Crippen LogP contribution in [0, 0.1) is 0 Å². The fourth-order valence-electron chi connectivity index (χ4n) is 2.69. The van der Waals surface area contributed by atoms with E-state index in [4.69, 9.17) is 5.11 Å². The van der Waals surface area contributed by atoms with Crippen molar-refractivity contribution in [2.24, 2.45) is 0 Å². The molecule has 1 N–H and O–H groups in total. The van der Waals surface area contributed by atoms with Gasteiger partial charge in [0.2, 0.25) is 0 Å². The predicted molar refractivity (Wildman–Crippen MR) is 76.0 cm³/mol. The maximum Gasteiger partial charge on any atom is 0.323 e. The van der Waals surface area contributed by atoms with Gasteiger partial charge >= 0.3 is 5.97 Å². The summed E-state index contributed by atoms with van der Waals surface area (Å²) in [5.41, 5.74) is 1.88. The van der Waals surface area contributed by atoms with Crippen LogP contribution in [-0.2, 0) is 24.2 Å². The Hall–Kier alpha value is -2.50. The van der Waals surface area contributed by atoms with Gasteiger partial charge in [-0.25, -0.2) is 4.98 Å². The first-order valence-electron chi connectivity index (χ1n) is 6.91. The Morgan fingerprint density at radius 2 is 2.14 bits per heavy atom. The molecule has 0 atom stereocenters. The molecule has 0 unspecified atom stereocenters. The van der Waals surface area contributed by atoms with Crippen LogP contribution in [0.5, 0.6) is 0 Å².